The van der Waals surface area contributed by atoms with E-state index in [0.29, 0.717) is 36.1 Å². The van der Waals surface area contributed by atoms with E-state index in [-0.39, 0.29) is 6.61 Å². The molecule has 0 spiro atoms. The van der Waals surface area contributed by atoms with Gasteiger partial charge in [0, 0.05) is 36.2 Å². The molecule has 1 aromatic carbocycles. The molecule has 0 aliphatic heterocycles. The third-order valence-electron chi connectivity index (χ3n) is 2.43. The van der Waals surface area contributed by atoms with Gasteiger partial charge in [-0.25, -0.2) is 0 Å². The van der Waals surface area contributed by atoms with Gasteiger partial charge < -0.3 is 19.9 Å². The van der Waals surface area contributed by atoms with Gasteiger partial charge in [-0.15, -0.1) is 0 Å². The van der Waals surface area contributed by atoms with Gasteiger partial charge in [0.15, 0.2) is 11.5 Å². The van der Waals surface area contributed by atoms with Gasteiger partial charge in [0.2, 0.25) is 0 Å². The summed E-state index contributed by atoms with van der Waals surface area (Å²) in [5.74, 6) is 1.31. The Hall–Kier alpha value is -0.970. The van der Waals surface area contributed by atoms with Gasteiger partial charge in [-0.1, -0.05) is 18.5 Å². The maximum atomic E-state index is 8.78. The zero-order valence-corrected chi connectivity index (χ0v) is 11.6. The fourth-order valence-corrected chi connectivity index (χ4v) is 1.80. The van der Waals surface area contributed by atoms with Crippen LogP contribution in [0.1, 0.15) is 18.9 Å². The van der Waals surface area contributed by atoms with Gasteiger partial charge in [0.25, 0.3) is 0 Å². The molecule has 0 fully saturated rings. The van der Waals surface area contributed by atoms with Crippen molar-refractivity contribution in [1.29, 1.82) is 0 Å². The molecule has 0 saturated carbocycles. The number of ether oxygens (including phenoxy) is 2. The highest BCUT2D eigenvalue weighted by Crippen LogP contribution is 2.34. The van der Waals surface area contributed by atoms with Gasteiger partial charge in [0.1, 0.15) is 0 Å². The lowest BCUT2D eigenvalue weighted by Gasteiger charge is -2.15. The molecule has 0 atom stereocenters. The molecule has 4 nitrogen and oxygen atoms in total. The molecule has 0 aliphatic rings. The Labute approximate surface area is 113 Å². The van der Waals surface area contributed by atoms with E-state index >= 15 is 0 Å². The number of aliphatic hydroxyl groups excluding tert-OH is 1. The molecular formula is C13H20ClNO3. The maximum absolute atomic E-state index is 8.78. The average Bonchev–Trinajstić information content (AvgIpc) is 2.37. The molecule has 2 N–H and O–H groups in total. The van der Waals surface area contributed by atoms with Gasteiger partial charge >= 0.3 is 0 Å². The number of nitrogens with one attached hydrogen (secondary N) is 1. The Morgan fingerprint density at radius 3 is 2.78 bits per heavy atom. The van der Waals surface area contributed by atoms with Crippen molar-refractivity contribution in [3.63, 3.8) is 0 Å². The van der Waals surface area contributed by atoms with Gasteiger partial charge in [-0.2, -0.15) is 0 Å². The molecule has 0 saturated heterocycles. The summed E-state index contributed by atoms with van der Waals surface area (Å²) >= 11 is 6.04. The third kappa shape index (κ3) is 4.37. The minimum absolute atomic E-state index is 0.110. The summed E-state index contributed by atoms with van der Waals surface area (Å²) in [7, 11) is 1.58. The number of hydrogen-bond acceptors (Lipinski definition) is 4. The van der Waals surface area contributed by atoms with Crippen LogP contribution in [0.2, 0.25) is 5.02 Å². The first-order valence-electron chi connectivity index (χ1n) is 6.03. The van der Waals surface area contributed by atoms with Gasteiger partial charge in [0.05, 0.1) is 13.7 Å². The quantitative estimate of drug-likeness (QED) is 0.713. The van der Waals surface area contributed by atoms with Gasteiger partial charge in [-0.05, 0) is 12.6 Å². The van der Waals surface area contributed by atoms with E-state index in [1.54, 1.807) is 13.2 Å². The van der Waals surface area contributed by atoms with Crippen LogP contribution < -0.4 is 14.8 Å². The van der Waals surface area contributed by atoms with Crippen LogP contribution in [0, 0.1) is 0 Å². The van der Waals surface area contributed by atoms with Crippen molar-refractivity contribution in [1.82, 2.24) is 5.32 Å². The van der Waals surface area contributed by atoms with Crippen LogP contribution >= 0.6 is 11.6 Å². The van der Waals surface area contributed by atoms with Crippen molar-refractivity contribution in [2.75, 3.05) is 26.9 Å². The Morgan fingerprint density at radius 2 is 2.17 bits per heavy atom. The highest BCUT2D eigenvalue weighted by atomic mass is 35.5. The fourth-order valence-electron chi connectivity index (χ4n) is 1.57. The minimum Gasteiger partial charge on any atom is -0.493 e. The summed E-state index contributed by atoms with van der Waals surface area (Å²) < 4.78 is 10.9. The topological polar surface area (TPSA) is 50.7 Å². The van der Waals surface area contributed by atoms with Crippen LogP contribution in [0.5, 0.6) is 11.5 Å². The summed E-state index contributed by atoms with van der Waals surface area (Å²) in [6.45, 7) is 4.13. The zero-order chi connectivity index (χ0) is 13.4. The number of hydrogen-bond donors (Lipinski definition) is 2. The third-order valence-corrected chi connectivity index (χ3v) is 2.65. The first-order valence-corrected chi connectivity index (χ1v) is 6.41. The first kappa shape index (κ1) is 15.1. The number of methoxy groups -OCH3 is 1. The molecule has 0 aromatic heterocycles. The summed E-state index contributed by atoms with van der Waals surface area (Å²) in [6.07, 6.45) is 0.590. The van der Waals surface area contributed by atoms with Crippen molar-refractivity contribution < 1.29 is 14.6 Å². The van der Waals surface area contributed by atoms with Crippen LogP contribution in [0.3, 0.4) is 0 Å². The van der Waals surface area contributed by atoms with Gasteiger partial charge in [-0.3, -0.25) is 0 Å². The molecule has 1 rings (SSSR count). The number of aliphatic hydroxyl groups is 1. The van der Waals surface area contributed by atoms with Crippen molar-refractivity contribution >= 4 is 11.6 Å². The molecule has 18 heavy (non-hydrogen) atoms. The van der Waals surface area contributed by atoms with E-state index in [9.17, 15) is 0 Å². The smallest absolute Gasteiger partial charge is 0.165 e. The Balaban J connectivity index is 2.92. The van der Waals surface area contributed by atoms with Crippen molar-refractivity contribution in [3.05, 3.63) is 22.7 Å². The molecule has 0 aliphatic carbocycles. The second-order valence-electron chi connectivity index (χ2n) is 3.80. The lowest BCUT2D eigenvalue weighted by atomic mass is 10.2. The standard InChI is InChI=1S/C13H20ClNO3/c1-3-15-9-10-7-11(14)8-12(17-2)13(10)18-6-4-5-16/h7-8,15-16H,3-6,9H2,1-2H3. The second kappa shape index (κ2) is 8.19. The van der Waals surface area contributed by atoms with Crippen LogP contribution in [-0.2, 0) is 6.54 Å². The lowest BCUT2D eigenvalue weighted by molar-refractivity contribution is 0.226. The number of benzene rings is 1. The maximum Gasteiger partial charge on any atom is 0.165 e. The average molecular weight is 274 g/mol. The SMILES string of the molecule is CCNCc1cc(Cl)cc(OC)c1OCCCO. The van der Waals surface area contributed by atoms with E-state index in [1.807, 2.05) is 13.0 Å². The molecule has 102 valence electrons. The predicted octanol–water partition coefficient (Wildman–Crippen LogP) is 2.22. The van der Waals surface area contributed by atoms with Crippen molar-refractivity contribution in [2.45, 2.75) is 19.9 Å². The largest absolute Gasteiger partial charge is 0.493 e. The lowest BCUT2D eigenvalue weighted by Crippen LogP contribution is -2.14. The molecular weight excluding hydrogens is 254 g/mol. The highest BCUT2D eigenvalue weighted by Gasteiger charge is 2.12. The monoisotopic (exact) mass is 273 g/mol. The van der Waals surface area contributed by atoms with Crippen LogP contribution in [0.25, 0.3) is 0 Å². The van der Waals surface area contributed by atoms with Crippen molar-refractivity contribution in [2.24, 2.45) is 0 Å². The van der Waals surface area contributed by atoms with E-state index in [0.717, 1.165) is 12.1 Å². The summed E-state index contributed by atoms with van der Waals surface area (Å²) in [5.41, 5.74) is 0.958. The molecule has 0 unspecified atom stereocenters. The Kier molecular flexibility index (Phi) is 6.86. The summed E-state index contributed by atoms with van der Waals surface area (Å²) in [5, 5.41) is 12.6. The first-order chi connectivity index (χ1) is 8.72. The molecule has 0 bridgehead atoms. The predicted molar refractivity (Wildman–Crippen MR) is 72.6 cm³/mol. The van der Waals surface area contributed by atoms with Crippen LogP contribution in [0.4, 0.5) is 0 Å². The second-order valence-corrected chi connectivity index (χ2v) is 4.24. The van der Waals surface area contributed by atoms with Crippen LogP contribution in [-0.4, -0.2) is 32.0 Å². The molecule has 1 aromatic rings. The molecule has 0 radical (unpaired) electrons. The Bertz CT molecular complexity index is 371. The minimum atomic E-state index is 0.110. The van der Waals surface area contributed by atoms with Crippen LogP contribution in [0.15, 0.2) is 12.1 Å². The summed E-state index contributed by atoms with van der Waals surface area (Å²) in [4.78, 5) is 0. The number of halogens is 1. The molecule has 0 amide bonds. The zero-order valence-electron chi connectivity index (χ0n) is 10.8. The summed E-state index contributed by atoms with van der Waals surface area (Å²) in [6, 6.07) is 3.59. The molecule has 5 heteroatoms. The Morgan fingerprint density at radius 1 is 1.39 bits per heavy atom. The molecule has 0 heterocycles. The number of rotatable bonds is 8. The van der Waals surface area contributed by atoms with E-state index in [1.165, 1.54) is 0 Å². The highest BCUT2D eigenvalue weighted by molar-refractivity contribution is 6.30. The van der Waals surface area contributed by atoms with E-state index in [2.05, 4.69) is 5.32 Å². The fraction of sp³-hybridized carbons (Fsp3) is 0.538. The van der Waals surface area contributed by atoms with Crippen molar-refractivity contribution in [3.8, 4) is 11.5 Å². The normalized spacial score (nSPS) is 10.4. The van der Waals surface area contributed by atoms with E-state index in [4.69, 9.17) is 26.2 Å². The van der Waals surface area contributed by atoms with E-state index < -0.39 is 0 Å².